The number of ether oxygens (including phenoxy) is 1. The van der Waals surface area contributed by atoms with Crippen LogP contribution in [0.2, 0.25) is 0 Å². The van der Waals surface area contributed by atoms with E-state index in [-0.39, 0.29) is 6.10 Å². The maximum absolute atomic E-state index is 12.3. The van der Waals surface area contributed by atoms with Crippen LogP contribution in [0.3, 0.4) is 0 Å². The lowest BCUT2D eigenvalue weighted by Crippen LogP contribution is -2.12. The molecule has 1 aliphatic carbocycles. The van der Waals surface area contributed by atoms with E-state index in [9.17, 15) is 13.2 Å². The lowest BCUT2D eigenvalue weighted by Gasteiger charge is -2.10. The van der Waals surface area contributed by atoms with Gasteiger partial charge in [0, 0.05) is 6.07 Å². The van der Waals surface area contributed by atoms with Gasteiger partial charge in [0.2, 0.25) is 0 Å². The highest BCUT2D eigenvalue weighted by Crippen LogP contribution is 2.34. The van der Waals surface area contributed by atoms with Crippen molar-refractivity contribution in [1.82, 2.24) is 4.98 Å². The van der Waals surface area contributed by atoms with E-state index in [4.69, 9.17) is 10.5 Å². The van der Waals surface area contributed by atoms with Crippen LogP contribution < -0.4 is 10.5 Å². The minimum Gasteiger partial charge on any atom is -0.489 e. The molecular weight excluding hydrogens is 209 g/mol. The van der Waals surface area contributed by atoms with Crippen molar-refractivity contribution in [3.63, 3.8) is 0 Å². The first kappa shape index (κ1) is 10.1. The van der Waals surface area contributed by atoms with Crippen LogP contribution >= 0.6 is 0 Å². The quantitative estimate of drug-likeness (QED) is 0.827. The molecule has 0 amide bonds. The average molecular weight is 218 g/mol. The van der Waals surface area contributed by atoms with E-state index in [1.54, 1.807) is 0 Å². The van der Waals surface area contributed by atoms with Crippen LogP contribution in [-0.2, 0) is 6.18 Å². The fourth-order valence-corrected chi connectivity index (χ4v) is 1.14. The fourth-order valence-electron chi connectivity index (χ4n) is 1.14. The molecule has 0 radical (unpaired) electrons. The second-order valence-electron chi connectivity index (χ2n) is 3.42. The Labute approximate surface area is 84.1 Å². The second-order valence-corrected chi connectivity index (χ2v) is 3.42. The molecule has 6 heteroatoms. The molecular formula is C9H9F3N2O. The lowest BCUT2D eigenvalue weighted by molar-refractivity contribution is -0.140. The summed E-state index contributed by atoms with van der Waals surface area (Å²) < 4.78 is 42.1. The van der Waals surface area contributed by atoms with E-state index in [0.29, 0.717) is 5.75 Å². The highest BCUT2D eigenvalue weighted by atomic mass is 19.4. The molecule has 1 aromatic rings. The Kier molecular flexibility index (Phi) is 2.21. The minimum absolute atomic E-state index is 0.114. The molecule has 1 saturated carbocycles. The molecule has 0 aromatic carbocycles. The average Bonchev–Trinajstić information content (AvgIpc) is 2.85. The molecule has 1 heterocycles. The summed E-state index contributed by atoms with van der Waals surface area (Å²) >= 11 is 0. The van der Waals surface area contributed by atoms with Crippen LogP contribution in [0.15, 0.2) is 12.3 Å². The van der Waals surface area contributed by atoms with Crippen molar-refractivity contribution in [1.29, 1.82) is 0 Å². The van der Waals surface area contributed by atoms with Crippen LogP contribution in [0.4, 0.5) is 18.9 Å². The van der Waals surface area contributed by atoms with Crippen LogP contribution in [-0.4, -0.2) is 11.1 Å². The van der Waals surface area contributed by atoms with Crippen molar-refractivity contribution in [2.75, 3.05) is 5.73 Å². The van der Waals surface area contributed by atoms with Gasteiger partial charge in [-0.3, -0.25) is 0 Å². The van der Waals surface area contributed by atoms with Crippen molar-refractivity contribution < 1.29 is 17.9 Å². The Bertz CT molecular complexity index is 374. The van der Waals surface area contributed by atoms with Crippen LogP contribution in [0.1, 0.15) is 18.5 Å². The summed E-state index contributed by atoms with van der Waals surface area (Å²) in [6.07, 6.45) is -1.48. The van der Waals surface area contributed by atoms with Gasteiger partial charge < -0.3 is 10.5 Å². The summed E-state index contributed by atoms with van der Waals surface area (Å²) in [5.74, 6) is 0.294. The minimum atomic E-state index is -4.51. The maximum atomic E-state index is 12.3. The van der Waals surface area contributed by atoms with E-state index in [1.807, 2.05) is 0 Å². The van der Waals surface area contributed by atoms with E-state index >= 15 is 0 Å². The normalized spacial score (nSPS) is 16.5. The van der Waals surface area contributed by atoms with Gasteiger partial charge in [-0.1, -0.05) is 0 Å². The summed E-state index contributed by atoms with van der Waals surface area (Å²) in [6, 6.07) is 1.16. The maximum Gasteiger partial charge on any atom is 0.435 e. The molecule has 0 aliphatic heterocycles. The molecule has 2 N–H and O–H groups in total. The number of rotatable bonds is 2. The van der Waals surface area contributed by atoms with Crippen molar-refractivity contribution in [2.45, 2.75) is 25.1 Å². The molecule has 2 rings (SSSR count). The molecule has 0 saturated heterocycles. The van der Waals surface area contributed by atoms with Gasteiger partial charge in [0.15, 0.2) is 5.69 Å². The standard InChI is InChI=1S/C9H9F3N2O/c10-9(11,12)8-7(13)3-6(4-14-8)15-5-1-2-5/h3-5H,1-2,13H2. The van der Waals surface area contributed by atoms with Gasteiger partial charge in [0.25, 0.3) is 0 Å². The van der Waals surface area contributed by atoms with E-state index < -0.39 is 17.6 Å². The van der Waals surface area contributed by atoms with Gasteiger partial charge in [0.1, 0.15) is 5.75 Å². The van der Waals surface area contributed by atoms with Gasteiger partial charge in [-0.25, -0.2) is 4.98 Å². The molecule has 0 bridgehead atoms. The highest BCUT2D eigenvalue weighted by Gasteiger charge is 2.35. The molecule has 0 atom stereocenters. The topological polar surface area (TPSA) is 48.1 Å². The van der Waals surface area contributed by atoms with E-state index in [0.717, 1.165) is 25.1 Å². The first-order valence-electron chi connectivity index (χ1n) is 4.46. The summed E-state index contributed by atoms with van der Waals surface area (Å²) in [5, 5.41) is 0. The number of nitrogens with two attached hydrogens (primary N) is 1. The Hall–Kier alpha value is -1.46. The molecule has 1 aliphatic rings. The number of pyridine rings is 1. The Morgan fingerprint density at radius 2 is 2.07 bits per heavy atom. The van der Waals surface area contributed by atoms with Crippen LogP contribution in [0, 0.1) is 0 Å². The zero-order valence-electron chi connectivity index (χ0n) is 7.71. The molecule has 0 spiro atoms. The molecule has 1 aromatic heterocycles. The number of halogens is 3. The molecule has 82 valence electrons. The Balaban J connectivity index is 2.21. The number of hydrogen-bond donors (Lipinski definition) is 1. The number of nitrogen functional groups attached to an aromatic ring is 1. The number of anilines is 1. The third kappa shape index (κ3) is 2.31. The van der Waals surface area contributed by atoms with Gasteiger partial charge >= 0.3 is 6.18 Å². The summed E-state index contributed by atoms with van der Waals surface area (Å²) in [4.78, 5) is 3.26. The SMILES string of the molecule is Nc1cc(OC2CC2)cnc1C(F)(F)F. The van der Waals surface area contributed by atoms with Crippen LogP contribution in [0.5, 0.6) is 5.75 Å². The van der Waals surface area contributed by atoms with Gasteiger partial charge in [-0.05, 0) is 12.8 Å². The van der Waals surface area contributed by atoms with Crippen molar-refractivity contribution in [3.05, 3.63) is 18.0 Å². The van der Waals surface area contributed by atoms with Gasteiger partial charge in [0.05, 0.1) is 18.0 Å². The molecule has 3 nitrogen and oxygen atoms in total. The Morgan fingerprint density at radius 3 is 2.53 bits per heavy atom. The summed E-state index contributed by atoms with van der Waals surface area (Å²) in [6.45, 7) is 0. The second kappa shape index (κ2) is 3.29. The largest absolute Gasteiger partial charge is 0.489 e. The van der Waals surface area contributed by atoms with Crippen molar-refractivity contribution in [3.8, 4) is 5.75 Å². The lowest BCUT2D eigenvalue weighted by atomic mass is 10.3. The van der Waals surface area contributed by atoms with Crippen LogP contribution in [0.25, 0.3) is 0 Å². The zero-order chi connectivity index (χ0) is 11.1. The highest BCUT2D eigenvalue weighted by molar-refractivity contribution is 5.48. The first-order valence-corrected chi connectivity index (χ1v) is 4.46. The number of alkyl halides is 3. The van der Waals surface area contributed by atoms with Gasteiger partial charge in [-0.15, -0.1) is 0 Å². The molecule has 1 fully saturated rings. The number of hydrogen-bond acceptors (Lipinski definition) is 3. The smallest absolute Gasteiger partial charge is 0.435 e. The summed E-state index contributed by atoms with van der Waals surface area (Å²) in [5.41, 5.74) is 3.77. The third-order valence-electron chi connectivity index (χ3n) is 1.99. The van der Waals surface area contributed by atoms with Gasteiger partial charge in [-0.2, -0.15) is 13.2 Å². The predicted molar refractivity (Wildman–Crippen MR) is 47.3 cm³/mol. The molecule has 15 heavy (non-hydrogen) atoms. The number of nitrogens with zero attached hydrogens (tertiary/aromatic N) is 1. The predicted octanol–water partition coefficient (Wildman–Crippen LogP) is 2.22. The van der Waals surface area contributed by atoms with E-state index in [1.165, 1.54) is 0 Å². The monoisotopic (exact) mass is 218 g/mol. The summed E-state index contributed by atoms with van der Waals surface area (Å²) in [7, 11) is 0. The zero-order valence-corrected chi connectivity index (χ0v) is 7.71. The van der Waals surface area contributed by atoms with Crippen molar-refractivity contribution in [2.24, 2.45) is 0 Å². The fraction of sp³-hybridized carbons (Fsp3) is 0.444. The first-order chi connectivity index (χ1) is 6.97. The Morgan fingerprint density at radius 1 is 1.40 bits per heavy atom. The van der Waals surface area contributed by atoms with E-state index in [2.05, 4.69) is 4.98 Å². The molecule has 0 unspecified atom stereocenters. The number of aromatic nitrogens is 1. The third-order valence-corrected chi connectivity index (χ3v) is 1.99. The van der Waals surface area contributed by atoms with Crippen molar-refractivity contribution >= 4 is 5.69 Å².